The van der Waals surface area contributed by atoms with E-state index in [0.717, 1.165) is 11.6 Å². The summed E-state index contributed by atoms with van der Waals surface area (Å²) in [5.41, 5.74) is 1.76. The maximum atomic E-state index is 13.2. The molecule has 0 bridgehead atoms. The van der Waals surface area contributed by atoms with Crippen molar-refractivity contribution in [2.75, 3.05) is 5.32 Å². The van der Waals surface area contributed by atoms with Crippen LogP contribution in [0.5, 0.6) is 5.75 Å². The van der Waals surface area contributed by atoms with E-state index in [1.54, 1.807) is 36.5 Å². The minimum atomic E-state index is -0.541. The van der Waals surface area contributed by atoms with Gasteiger partial charge in [-0.3, -0.25) is 4.98 Å². The standard InChI is InChI=1S/C21H14Cl2FN3O/c22-14-8-13(9-15(23)10-14)19(27-18-6-4-16(24)11-26-18)17-5-3-12-2-1-7-25-20(12)21(17)28/h1-11,19,28H,(H,26,27). The number of anilines is 1. The molecule has 2 N–H and O–H groups in total. The topological polar surface area (TPSA) is 58.0 Å². The van der Waals surface area contributed by atoms with E-state index in [9.17, 15) is 9.50 Å². The van der Waals surface area contributed by atoms with Crippen LogP contribution in [0.25, 0.3) is 10.9 Å². The molecule has 0 saturated heterocycles. The molecule has 4 aromatic rings. The number of phenolic OH excluding ortho intramolecular Hbond substituents is 1. The van der Waals surface area contributed by atoms with Crippen molar-refractivity contribution in [1.82, 2.24) is 9.97 Å². The number of hydrogen-bond donors (Lipinski definition) is 2. The molecule has 0 radical (unpaired) electrons. The monoisotopic (exact) mass is 413 g/mol. The van der Waals surface area contributed by atoms with Crippen LogP contribution in [-0.4, -0.2) is 15.1 Å². The van der Waals surface area contributed by atoms with Crippen LogP contribution >= 0.6 is 23.2 Å². The summed E-state index contributed by atoms with van der Waals surface area (Å²) >= 11 is 12.4. The van der Waals surface area contributed by atoms with Gasteiger partial charge in [-0.15, -0.1) is 0 Å². The number of aromatic nitrogens is 2. The number of rotatable bonds is 4. The zero-order valence-electron chi connectivity index (χ0n) is 14.4. The van der Waals surface area contributed by atoms with Crippen molar-refractivity contribution in [2.45, 2.75) is 6.04 Å². The van der Waals surface area contributed by atoms with E-state index in [2.05, 4.69) is 15.3 Å². The number of pyridine rings is 2. The zero-order chi connectivity index (χ0) is 19.7. The van der Waals surface area contributed by atoms with E-state index in [1.807, 2.05) is 12.1 Å². The summed E-state index contributed by atoms with van der Waals surface area (Å²) in [4.78, 5) is 8.33. The Morgan fingerprint density at radius 2 is 1.75 bits per heavy atom. The molecule has 0 amide bonds. The van der Waals surface area contributed by atoms with Crippen molar-refractivity contribution in [3.8, 4) is 5.75 Å². The SMILES string of the molecule is Oc1c(C(Nc2ccc(F)cn2)c2cc(Cl)cc(Cl)c2)ccc2cccnc12. The van der Waals surface area contributed by atoms with Crippen LogP contribution in [0.15, 0.2) is 67.0 Å². The van der Waals surface area contributed by atoms with Crippen LogP contribution in [0.3, 0.4) is 0 Å². The Morgan fingerprint density at radius 1 is 0.964 bits per heavy atom. The number of aromatic hydroxyl groups is 1. The second kappa shape index (κ2) is 7.62. The number of nitrogens with zero attached hydrogens (tertiary/aromatic N) is 2. The number of phenols is 1. The van der Waals surface area contributed by atoms with Gasteiger partial charge in [0.1, 0.15) is 22.9 Å². The van der Waals surface area contributed by atoms with Crippen LogP contribution in [0.1, 0.15) is 17.2 Å². The van der Waals surface area contributed by atoms with E-state index >= 15 is 0 Å². The van der Waals surface area contributed by atoms with Crippen molar-refractivity contribution in [3.05, 3.63) is 94.0 Å². The first-order valence-corrected chi connectivity index (χ1v) is 9.17. The highest BCUT2D eigenvalue weighted by Crippen LogP contribution is 2.37. The van der Waals surface area contributed by atoms with Crippen molar-refractivity contribution in [3.63, 3.8) is 0 Å². The smallest absolute Gasteiger partial charge is 0.147 e. The lowest BCUT2D eigenvalue weighted by Crippen LogP contribution is -2.14. The molecule has 0 spiro atoms. The van der Waals surface area contributed by atoms with E-state index in [0.29, 0.717) is 32.5 Å². The predicted octanol–water partition coefficient (Wildman–Crippen LogP) is 5.98. The molecule has 2 aromatic carbocycles. The van der Waals surface area contributed by atoms with Crippen molar-refractivity contribution < 1.29 is 9.50 Å². The summed E-state index contributed by atoms with van der Waals surface area (Å²) in [5, 5.41) is 15.8. The lowest BCUT2D eigenvalue weighted by Gasteiger charge is -2.22. The average molecular weight is 414 g/mol. The number of halogens is 3. The number of benzene rings is 2. The molecule has 1 unspecified atom stereocenters. The third-order valence-corrected chi connectivity index (χ3v) is 4.76. The van der Waals surface area contributed by atoms with Gasteiger partial charge in [0, 0.05) is 27.2 Å². The van der Waals surface area contributed by atoms with E-state index in [-0.39, 0.29) is 5.75 Å². The second-order valence-electron chi connectivity index (χ2n) is 6.22. The first-order chi connectivity index (χ1) is 13.5. The van der Waals surface area contributed by atoms with Gasteiger partial charge in [-0.1, -0.05) is 41.4 Å². The summed E-state index contributed by atoms with van der Waals surface area (Å²) in [6, 6.07) is 14.7. The van der Waals surface area contributed by atoms with Gasteiger partial charge < -0.3 is 10.4 Å². The van der Waals surface area contributed by atoms with E-state index in [4.69, 9.17) is 23.2 Å². The minimum Gasteiger partial charge on any atom is -0.505 e. The Kier molecular flexibility index (Phi) is 5.03. The summed E-state index contributed by atoms with van der Waals surface area (Å²) in [5.74, 6) is 0.0301. The Hall–Kier alpha value is -2.89. The van der Waals surface area contributed by atoms with Crippen LogP contribution in [0.4, 0.5) is 10.2 Å². The van der Waals surface area contributed by atoms with Gasteiger partial charge in [0.15, 0.2) is 0 Å². The largest absolute Gasteiger partial charge is 0.505 e. The van der Waals surface area contributed by atoms with Gasteiger partial charge in [-0.05, 0) is 42.0 Å². The van der Waals surface area contributed by atoms with E-state index < -0.39 is 11.9 Å². The van der Waals surface area contributed by atoms with Gasteiger partial charge in [-0.25, -0.2) is 9.37 Å². The van der Waals surface area contributed by atoms with Crippen LogP contribution in [0.2, 0.25) is 10.0 Å². The number of nitrogens with one attached hydrogen (secondary N) is 1. The van der Waals surface area contributed by atoms with Gasteiger partial charge in [0.2, 0.25) is 0 Å². The fraction of sp³-hybridized carbons (Fsp3) is 0.0476. The molecule has 0 aliphatic heterocycles. The zero-order valence-corrected chi connectivity index (χ0v) is 15.9. The lowest BCUT2D eigenvalue weighted by atomic mass is 9.96. The normalized spacial score (nSPS) is 12.1. The molecule has 4 nitrogen and oxygen atoms in total. The van der Waals surface area contributed by atoms with Gasteiger partial charge in [0.25, 0.3) is 0 Å². The lowest BCUT2D eigenvalue weighted by molar-refractivity contribution is 0.471. The van der Waals surface area contributed by atoms with Crippen molar-refractivity contribution >= 4 is 39.9 Å². The first kappa shape index (κ1) is 18.5. The van der Waals surface area contributed by atoms with Crippen LogP contribution < -0.4 is 5.32 Å². The molecule has 140 valence electrons. The number of fused-ring (bicyclic) bond motifs is 1. The molecule has 1 atom stereocenters. The second-order valence-corrected chi connectivity index (χ2v) is 7.09. The minimum absolute atomic E-state index is 0.0359. The summed E-state index contributed by atoms with van der Waals surface area (Å²) < 4.78 is 13.2. The summed E-state index contributed by atoms with van der Waals surface area (Å²) in [7, 11) is 0. The molecule has 4 rings (SSSR count). The van der Waals surface area contributed by atoms with Gasteiger partial charge >= 0.3 is 0 Å². The maximum Gasteiger partial charge on any atom is 0.147 e. The Balaban J connectivity index is 1.87. The van der Waals surface area contributed by atoms with Crippen LogP contribution in [0, 0.1) is 5.82 Å². The van der Waals surface area contributed by atoms with Gasteiger partial charge in [0.05, 0.1) is 12.2 Å². The van der Waals surface area contributed by atoms with Crippen LogP contribution in [-0.2, 0) is 0 Å². The molecule has 0 saturated carbocycles. The Bertz CT molecular complexity index is 1130. The quantitative estimate of drug-likeness (QED) is 0.431. The number of hydrogen-bond acceptors (Lipinski definition) is 4. The molecule has 2 aromatic heterocycles. The summed E-state index contributed by atoms with van der Waals surface area (Å²) in [6.45, 7) is 0. The maximum absolute atomic E-state index is 13.2. The predicted molar refractivity (Wildman–Crippen MR) is 110 cm³/mol. The highest BCUT2D eigenvalue weighted by molar-refractivity contribution is 6.34. The van der Waals surface area contributed by atoms with Gasteiger partial charge in [-0.2, -0.15) is 0 Å². The first-order valence-electron chi connectivity index (χ1n) is 8.42. The molecule has 2 heterocycles. The molecule has 0 fully saturated rings. The molecular weight excluding hydrogens is 400 g/mol. The molecular formula is C21H14Cl2FN3O. The Labute approximate surface area is 170 Å². The highest BCUT2D eigenvalue weighted by atomic mass is 35.5. The molecule has 28 heavy (non-hydrogen) atoms. The third kappa shape index (κ3) is 3.72. The van der Waals surface area contributed by atoms with E-state index in [1.165, 1.54) is 12.1 Å². The molecule has 0 aliphatic carbocycles. The fourth-order valence-corrected chi connectivity index (χ4v) is 3.61. The fourth-order valence-electron chi connectivity index (χ4n) is 3.07. The Morgan fingerprint density at radius 3 is 2.46 bits per heavy atom. The summed E-state index contributed by atoms with van der Waals surface area (Å²) in [6.07, 6.45) is 2.73. The third-order valence-electron chi connectivity index (χ3n) is 4.33. The molecule has 0 aliphatic rings. The molecule has 7 heteroatoms. The van der Waals surface area contributed by atoms with Crippen molar-refractivity contribution in [2.24, 2.45) is 0 Å². The average Bonchev–Trinajstić information content (AvgIpc) is 2.68. The van der Waals surface area contributed by atoms with Crippen molar-refractivity contribution in [1.29, 1.82) is 0 Å². The highest BCUT2D eigenvalue weighted by Gasteiger charge is 2.21.